The molecule has 2 aromatic carbocycles. The number of carbonyl (C=O) groups excluding carboxylic acids is 1. The molecule has 0 bridgehead atoms. The normalized spacial score (nSPS) is 11.2. The van der Waals surface area contributed by atoms with Gasteiger partial charge in [-0.2, -0.15) is 0 Å². The van der Waals surface area contributed by atoms with E-state index in [0.29, 0.717) is 18.8 Å². The van der Waals surface area contributed by atoms with Crippen molar-refractivity contribution >= 4 is 17.6 Å². The molecular formula is C23H26N4O2. The molecule has 3 aromatic rings. The zero-order valence-corrected chi connectivity index (χ0v) is 16.7. The number of rotatable bonds is 7. The molecule has 0 saturated heterocycles. The molecule has 0 aliphatic heterocycles. The minimum Gasteiger partial charge on any atom is -0.459 e. The van der Waals surface area contributed by atoms with E-state index in [2.05, 4.69) is 52.1 Å². The van der Waals surface area contributed by atoms with Crippen LogP contribution >= 0.6 is 0 Å². The summed E-state index contributed by atoms with van der Waals surface area (Å²) in [5, 5.41) is 9.44. The summed E-state index contributed by atoms with van der Waals surface area (Å²) < 4.78 is 5.12. The van der Waals surface area contributed by atoms with Gasteiger partial charge in [-0.05, 0) is 49.2 Å². The van der Waals surface area contributed by atoms with Gasteiger partial charge in [0.15, 0.2) is 11.7 Å². The molecule has 1 heterocycles. The Labute approximate surface area is 171 Å². The molecule has 0 saturated carbocycles. The van der Waals surface area contributed by atoms with E-state index in [0.717, 1.165) is 18.1 Å². The Morgan fingerprint density at radius 1 is 1.00 bits per heavy atom. The lowest BCUT2D eigenvalue weighted by molar-refractivity contribution is 0.0996. The van der Waals surface area contributed by atoms with Crippen LogP contribution in [0.3, 0.4) is 0 Å². The molecular weight excluding hydrogens is 364 g/mol. The molecule has 1 amide bonds. The highest BCUT2D eigenvalue weighted by Gasteiger charge is 2.08. The molecule has 0 atom stereocenters. The lowest BCUT2D eigenvalue weighted by atomic mass is 10.1. The van der Waals surface area contributed by atoms with Crippen LogP contribution in [0.1, 0.15) is 34.2 Å². The van der Waals surface area contributed by atoms with E-state index < -0.39 is 0 Å². The minimum absolute atomic E-state index is 0.274. The lowest BCUT2D eigenvalue weighted by Gasteiger charge is -2.12. The summed E-state index contributed by atoms with van der Waals surface area (Å²) >= 11 is 0. The quantitative estimate of drug-likeness (QED) is 0.419. The molecule has 29 heavy (non-hydrogen) atoms. The van der Waals surface area contributed by atoms with Crippen molar-refractivity contribution in [2.24, 2.45) is 4.99 Å². The zero-order chi connectivity index (χ0) is 20.5. The Bertz CT molecular complexity index is 947. The van der Waals surface area contributed by atoms with Gasteiger partial charge in [-0.15, -0.1) is 0 Å². The van der Waals surface area contributed by atoms with Crippen LogP contribution in [-0.2, 0) is 13.1 Å². The lowest BCUT2D eigenvalue weighted by Crippen LogP contribution is -2.36. The summed E-state index contributed by atoms with van der Waals surface area (Å²) in [5.74, 6) is 0.755. The molecule has 0 aliphatic rings. The second-order valence-corrected chi connectivity index (χ2v) is 6.67. The van der Waals surface area contributed by atoms with E-state index >= 15 is 0 Å². The summed E-state index contributed by atoms with van der Waals surface area (Å²) in [6.07, 6.45) is 1.48. The molecule has 150 valence electrons. The number of hydrogen-bond acceptors (Lipinski definition) is 3. The number of anilines is 1. The van der Waals surface area contributed by atoms with Gasteiger partial charge in [0.05, 0.1) is 12.8 Å². The smallest absolute Gasteiger partial charge is 0.291 e. The average Bonchev–Trinajstić information content (AvgIpc) is 3.27. The number of nitrogens with one attached hydrogen (secondary N) is 3. The average molecular weight is 390 g/mol. The number of amides is 1. The number of hydrogen-bond donors (Lipinski definition) is 3. The first-order chi connectivity index (χ1) is 14.1. The van der Waals surface area contributed by atoms with Crippen LogP contribution in [0.15, 0.2) is 76.3 Å². The van der Waals surface area contributed by atoms with Crippen molar-refractivity contribution in [1.82, 2.24) is 10.6 Å². The molecule has 3 N–H and O–H groups in total. The number of guanidine groups is 1. The summed E-state index contributed by atoms with van der Waals surface area (Å²) in [5.41, 5.74) is 4.14. The number of nitrogens with zero attached hydrogens (tertiary/aromatic N) is 1. The van der Waals surface area contributed by atoms with Gasteiger partial charge in [-0.1, -0.05) is 42.0 Å². The van der Waals surface area contributed by atoms with Crippen LogP contribution in [-0.4, -0.2) is 18.4 Å². The van der Waals surface area contributed by atoms with Crippen LogP contribution in [0.2, 0.25) is 0 Å². The van der Waals surface area contributed by atoms with Gasteiger partial charge < -0.3 is 20.4 Å². The van der Waals surface area contributed by atoms with Gasteiger partial charge in [0.25, 0.3) is 5.91 Å². The Morgan fingerprint density at radius 3 is 2.55 bits per heavy atom. The third-order valence-electron chi connectivity index (χ3n) is 4.27. The summed E-state index contributed by atoms with van der Waals surface area (Å²) in [7, 11) is 0. The van der Waals surface area contributed by atoms with Crippen molar-refractivity contribution in [3.63, 3.8) is 0 Å². The van der Waals surface area contributed by atoms with Crippen molar-refractivity contribution in [2.45, 2.75) is 26.9 Å². The first-order valence-corrected chi connectivity index (χ1v) is 9.65. The number of aliphatic imine (C=N–C) groups is 1. The van der Waals surface area contributed by atoms with Crippen LogP contribution in [0, 0.1) is 6.92 Å². The fourth-order valence-corrected chi connectivity index (χ4v) is 2.75. The standard InChI is InChI=1S/C23H26N4O2/c1-3-24-23(25-15-18-11-9-17(2)10-12-18)26-16-19-6-4-7-20(14-19)27-22(28)21-8-5-13-29-21/h4-14H,3,15-16H2,1-2H3,(H,27,28)(H2,24,25,26). The van der Waals surface area contributed by atoms with E-state index in [-0.39, 0.29) is 11.7 Å². The first-order valence-electron chi connectivity index (χ1n) is 9.65. The maximum atomic E-state index is 12.1. The molecule has 6 heteroatoms. The topological polar surface area (TPSA) is 78.7 Å². The second kappa shape index (κ2) is 10.1. The molecule has 0 unspecified atom stereocenters. The maximum Gasteiger partial charge on any atom is 0.291 e. The van der Waals surface area contributed by atoms with E-state index in [9.17, 15) is 4.79 Å². The molecule has 1 aromatic heterocycles. The SMILES string of the molecule is CCNC(=NCc1cccc(NC(=O)c2ccco2)c1)NCc1ccc(C)cc1. The van der Waals surface area contributed by atoms with Crippen molar-refractivity contribution < 1.29 is 9.21 Å². The van der Waals surface area contributed by atoms with E-state index in [1.807, 2.05) is 31.2 Å². The van der Waals surface area contributed by atoms with Gasteiger partial charge in [-0.25, -0.2) is 4.99 Å². The van der Waals surface area contributed by atoms with Crippen molar-refractivity contribution in [1.29, 1.82) is 0 Å². The van der Waals surface area contributed by atoms with Crippen molar-refractivity contribution in [3.8, 4) is 0 Å². The van der Waals surface area contributed by atoms with Crippen LogP contribution < -0.4 is 16.0 Å². The summed E-state index contributed by atoms with van der Waals surface area (Å²) in [6, 6.07) is 19.4. The first kappa shape index (κ1) is 20.2. The fraction of sp³-hybridized carbons (Fsp3) is 0.217. The van der Waals surface area contributed by atoms with Crippen LogP contribution in [0.25, 0.3) is 0 Å². The largest absolute Gasteiger partial charge is 0.459 e. The van der Waals surface area contributed by atoms with E-state index in [1.165, 1.54) is 17.4 Å². The third kappa shape index (κ3) is 6.24. The van der Waals surface area contributed by atoms with Crippen LogP contribution in [0.4, 0.5) is 5.69 Å². The monoisotopic (exact) mass is 390 g/mol. The predicted molar refractivity (Wildman–Crippen MR) is 116 cm³/mol. The van der Waals surface area contributed by atoms with E-state index in [4.69, 9.17) is 4.42 Å². The van der Waals surface area contributed by atoms with E-state index in [1.54, 1.807) is 12.1 Å². The minimum atomic E-state index is -0.274. The van der Waals surface area contributed by atoms with Crippen LogP contribution in [0.5, 0.6) is 0 Å². The Hall–Kier alpha value is -3.54. The zero-order valence-electron chi connectivity index (χ0n) is 16.7. The Morgan fingerprint density at radius 2 is 1.83 bits per heavy atom. The van der Waals surface area contributed by atoms with Gasteiger partial charge in [0.1, 0.15) is 0 Å². The third-order valence-corrected chi connectivity index (χ3v) is 4.27. The number of aryl methyl sites for hydroxylation is 1. The highest BCUT2D eigenvalue weighted by Crippen LogP contribution is 2.13. The second-order valence-electron chi connectivity index (χ2n) is 6.67. The number of furan rings is 1. The fourth-order valence-electron chi connectivity index (χ4n) is 2.75. The maximum absolute atomic E-state index is 12.1. The van der Waals surface area contributed by atoms with Crippen molar-refractivity contribution in [3.05, 3.63) is 89.4 Å². The highest BCUT2D eigenvalue weighted by atomic mass is 16.3. The predicted octanol–water partition coefficient (Wildman–Crippen LogP) is 4.10. The molecule has 0 spiro atoms. The number of carbonyl (C=O) groups is 1. The molecule has 0 aliphatic carbocycles. The molecule has 6 nitrogen and oxygen atoms in total. The summed E-state index contributed by atoms with van der Waals surface area (Å²) in [6.45, 7) is 6.08. The van der Waals surface area contributed by atoms with Gasteiger partial charge >= 0.3 is 0 Å². The molecule has 0 radical (unpaired) electrons. The summed E-state index contributed by atoms with van der Waals surface area (Å²) in [4.78, 5) is 16.8. The Balaban J connectivity index is 1.61. The highest BCUT2D eigenvalue weighted by molar-refractivity contribution is 6.02. The Kier molecular flexibility index (Phi) is 7.05. The van der Waals surface area contributed by atoms with Gasteiger partial charge in [0, 0.05) is 18.8 Å². The molecule has 0 fully saturated rings. The van der Waals surface area contributed by atoms with Gasteiger partial charge in [-0.3, -0.25) is 4.79 Å². The van der Waals surface area contributed by atoms with Crippen molar-refractivity contribution in [2.75, 3.05) is 11.9 Å². The number of benzene rings is 2. The van der Waals surface area contributed by atoms with Gasteiger partial charge in [0.2, 0.25) is 0 Å². The molecule has 3 rings (SSSR count).